The van der Waals surface area contributed by atoms with Gasteiger partial charge in [-0.1, -0.05) is 18.2 Å². The lowest BCUT2D eigenvalue weighted by Gasteiger charge is -2.35. The molecule has 1 saturated heterocycles. The Balaban J connectivity index is 1.62. The van der Waals surface area contributed by atoms with Gasteiger partial charge in [-0.05, 0) is 35.2 Å². The monoisotopic (exact) mass is 374 g/mol. The van der Waals surface area contributed by atoms with Crippen LogP contribution in [0.25, 0.3) is 21.9 Å². The number of primary amides is 1. The molecule has 2 amide bonds. The van der Waals surface area contributed by atoms with Gasteiger partial charge in [0, 0.05) is 67.7 Å². The zero-order valence-electron chi connectivity index (χ0n) is 15.8. The van der Waals surface area contributed by atoms with Crippen molar-refractivity contribution in [2.75, 3.05) is 31.1 Å². The number of carbonyl (C=O) groups is 2. The van der Waals surface area contributed by atoms with Gasteiger partial charge in [0.25, 0.3) is 0 Å². The number of fused-ring (bicyclic) bond motifs is 1. The van der Waals surface area contributed by atoms with Gasteiger partial charge in [-0.3, -0.25) is 14.6 Å². The van der Waals surface area contributed by atoms with E-state index < -0.39 is 5.91 Å². The Hall–Kier alpha value is -3.41. The highest BCUT2D eigenvalue weighted by atomic mass is 16.2. The lowest BCUT2D eigenvalue weighted by atomic mass is 9.99. The van der Waals surface area contributed by atoms with E-state index in [1.54, 1.807) is 19.2 Å². The molecule has 6 heteroatoms. The Bertz CT molecular complexity index is 1040. The summed E-state index contributed by atoms with van der Waals surface area (Å²) in [4.78, 5) is 31.5. The van der Waals surface area contributed by atoms with Crippen LogP contribution in [0.5, 0.6) is 0 Å². The zero-order valence-corrected chi connectivity index (χ0v) is 15.8. The van der Waals surface area contributed by atoms with Crippen LogP contribution >= 0.6 is 0 Å². The maximum atomic E-state index is 11.6. The van der Waals surface area contributed by atoms with Crippen molar-refractivity contribution in [2.45, 2.75) is 6.92 Å². The van der Waals surface area contributed by atoms with E-state index in [4.69, 9.17) is 5.73 Å². The number of piperazine rings is 1. The second-order valence-electron chi connectivity index (χ2n) is 7.03. The standard InChI is InChI=1S/C22H22N4O2/c1-15(27)25-8-10-26(11-9-25)19-6-4-16(5-7-19)21-14-24-13-18-3-2-17(22(23)28)12-20(18)21/h2-7,12-14H,8-11H2,1H3,(H2,23,28). The smallest absolute Gasteiger partial charge is 0.248 e. The van der Waals surface area contributed by atoms with E-state index in [0.29, 0.717) is 5.56 Å². The zero-order chi connectivity index (χ0) is 19.7. The number of nitrogens with zero attached hydrogens (tertiary/aromatic N) is 3. The Morgan fingerprint density at radius 2 is 1.68 bits per heavy atom. The fourth-order valence-corrected chi connectivity index (χ4v) is 3.68. The third kappa shape index (κ3) is 3.41. The van der Waals surface area contributed by atoms with Crippen molar-refractivity contribution in [1.82, 2.24) is 9.88 Å². The van der Waals surface area contributed by atoms with Crippen molar-refractivity contribution in [1.29, 1.82) is 0 Å². The molecule has 0 radical (unpaired) electrons. The fourth-order valence-electron chi connectivity index (χ4n) is 3.68. The molecule has 28 heavy (non-hydrogen) atoms. The number of hydrogen-bond donors (Lipinski definition) is 1. The van der Waals surface area contributed by atoms with Crippen molar-refractivity contribution >= 4 is 28.3 Å². The van der Waals surface area contributed by atoms with Crippen LogP contribution < -0.4 is 10.6 Å². The molecule has 3 aromatic rings. The lowest BCUT2D eigenvalue weighted by molar-refractivity contribution is -0.129. The molecule has 2 aromatic carbocycles. The first-order chi connectivity index (χ1) is 13.5. The summed E-state index contributed by atoms with van der Waals surface area (Å²) in [5.74, 6) is -0.307. The fraction of sp³-hybridized carbons (Fsp3) is 0.227. The number of aromatic nitrogens is 1. The first-order valence-electron chi connectivity index (χ1n) is 9.31. The molecular formula is C22H22N4O2. The number of pyridine rings is 1. The molecule has 2 N–H and O–H groups in total. The minimum absolute atomic E-state index is 0.133. The second-order valence-corrected chi connectivity index (χ2v) is 7.03. The van der Waals surface area contributed by atoms with Gasteiger partial charge in [0.15, 0.2) is 0 Å². The summed E-state index contributed by atoms with van der Waals surface area (Å²) >= 11 is 0. The number of nitrogens with two attached hydrogens (primary N) is 1. The molecule has 0 spiro atoms. The van der Waals surface area contributed by atoms with Gasteiger partial charge >= 0.3 is 0 Å². The van der Waals surface area contributed by atoms with Crippen LogP contribution in [0.3, 0.4) is 0 Å². The van der Waals surface area contributed by atoms with Crippen LogP contribution in [0.1, 0.15) is 17.3 Å². The van der Waals surface area contributed by atoms with Crippen molar-refractivity contribution in [3.05, 3.63) is 60.4 Å². The summed E-state index contributed by atoms with van der Waals surface area (Å²) in [7, 11) is 0. The van der Waals surface area contributed by atoms with E-state index >= 15 is 0 Å². The summed E-state index contributed by atoms with van der Waals surface area (Å²) in [6, 6.07) is 13.7. The lowest BCUT2D eigenvalue weighted by Crippen LogP contribution is -2.48. The van der Waals surface area contributed by atoms with Crippen molar-refractivity contribution in [3.63, 3.8) is 0 Å². The summed E-state index contributed by atoms with van der Waals surface area (Å²) in [6.07, 6.45) is 3.60. The number of hydrogen-bond acceptors (Lipinski definition) is 4. The van der Waals surface area contributed by atoms with Gasteiger partial charge in [0.1, 0.15) is 0 Å². The molecule has 1 aliphatic rings. The van der Waals surface area contributed by atoms with Crippen LogP contribution in [-0.4, -0.2) is 47.9 Å². The highest BCUT2D eigenvalue weighted by Crippen LogP contribution is 2.30. The van der Waals surface area contributed by atoms with E-state index in [2.05, 4.69) is 34.1 Å². The molecule has 1 aromatic heterocycles. The van der Waals surface area contributed by atoms with E-state index in [0.717, 1.165) is 53.8 Å². The molecular weight excluding hydrogens is 352 g/mol. The van der Waals surface area contributed by atoms with E-state index in [-0.39, 0.29) is 5.91 Å². The second kappa shape index (κ2) is 7.31. The number of carbonyl (C=O) groups excluding carboxylic acids is 2. The average Bonchev–Trinajstić information content (AvgIpc) is 2.73. The van der Waals surface area contributed by atoms with E-state index in [9.17, 15) is 9.59 Å². The van der Waals surface area contributed by atoms with Crippen LogP contribution in [-0.2, 0) is 4.79 Å². The van der Waals surface area contributed by atoms with Crippen LogP contribution in [0, 0.1) is 0 Å². The van der Waals surface area contributed by atoms with Crippen molar-refractivity contribution in [2.24, 2.45) is 5.73 Å². The topological polar surface area (TPSA) is 79.5 Å². The Morgan fingerprint density at radius 1 is 0.964 bits per heavy atom. The van der Waals surface area contributed by atoms with E-state index in [1.165, 1.54) is 0 Å². The molecule has 2 heterocycles. The van der Waals surface area contributed by atoms with Crippen LogP contribution in [0.4, 0.5) is 5.69 Å². The molecule has 1 aliphatic heterocycles. The minimum Gasteiger partial charge on any atom is -0.368 e. The maximum Gasteiger partial charge on any atom is 0.248 e. The third-order valence-electron chi connectivity index (χ3n) is 5.31. The average molecular weight is 374 g/mol. The largest absolute Gasteiger partial charge is 0.368 e. The molecule has 0 aliphatic carbocycles. The van der Waals surface area contributed by atoms with Gasteiger partial charge in [-0.15, -0.1) is 0 Å². The predicted molar refractivity (Wildman–Crippen MR) is 110 cm³/mol. The summed E-state index contributed by atoms with van der Waals surface area (Å²) < 4.78 is 0. The summed E-state index contributed by atoms with van der Waals surface area (Å²) in [6.45, 7) is 4.78. The molecule has 0 unspecified atom stereocenters. The molecule has 0 bridgehead atoms. The first kappa shape index (κ1) is 18.0. The number of anilines is 1. The Labute approximate surface area is 163 Å². The maximum absolute atomic E-state index is 11.6. The molecule has 4 rings (SSSR count). The van der Waals surface area contributed by atoms with Gasteiger partial charge in [0.2, 0.25) is 11.8 Å². The normalized spacial score (nSPS) is 14.3. The number of benzene rings is 2. The molecule has 0 atom stereocenters. The minimum atomic E-state index is -0.440. The predicted octanol–water partition coefficient (Wildman–Crippen LogP) is 2.67. The van der Waals surface area contributed by atoms with Crippen LogP contribution in [0.2, 0.25) is 0 Å². The highest BCUT2D eigenvalue weighted by Gasteiger charge is 2.18. The van der Waals surface area contributed by atoms with Crippen molar-refractivity contribution in [3.8, 4) is 11.1 Å². The summed E-state index contributed by atoms with van der Waals surface area (Å²) in [5, 5.41) is 1.92. The van der Waals surface area contributed by atoms with Gasteiger partial charge < -0.3 is 15.5 Å². The third-order valence-corrected chi connectivity index (χ3v) is 5.31. The van der Waals surface area contributed by atoms with Gasteiger partial charge in [-0.25, -0.2) is 0 Å². The summed E-state index contributed by atoms with van der Waals surface area (Å²) in [5.41, 5.74) is 9.06. The molecule has 6 nitrogen and oxygen atoms in total. The Morgan fingerprint density at radius 3 is 2.32 bits per heavy atom. The SMILES string of the molecule is CC(=O)N1CCN(c2ccc(-c3cncc4ccc(C(N)=O)cc34)cc2)CC1. The number of amides is 2. The molecule has 1 fully saturated rings. The Kier molecular flexibility index (Phi) is 4.69. The highest BCUT2D eigenvalue weighted by molar-refractivity contribution is 6.02. The first-order valence-corrected chi connectivity index (χ1v) is 9.31. The number of rotatable bonds is 3. The van der Waals surface area contributed by atoms with Crippen LogP contribution in [0.15, 0.2) is 54.9 Å². The van der Waals surface area contributed by atoms with E-state index in [1.807, 2.05) is 23.2 Å². The van der Waals surface area contributed by atoms with Gasteiger partial charge in [-0.2, -0.15) is 0 Å². The molecule has 142 valence electrons. The molecule has 0 saturated carbocycles. The van der Waals surface area contributed by atoms with Gasteiger partial charge in [0.05, 0.1) is 0 Å². The van der Waals surface area contributed by atoms with Crippen molar-refractivity contribution < 1.29 is 9.59 Å². The quantitative estimate of drug-likeness (QED) is 0.764.